The Kier molecular flexibility index (Phi) is 6.95. The van der Waals surface area contributed by atoms with Crippen LogP contribution in [0, 0.1) is 5.82 Å². The number of aromatic nitrogens is 3. The molecule has 0 unspecified atom stereocenters. The summed E-state index contributed by atoms with van der Waals surface area (Å²) in [6.45, 7) is 0.814. The van der Waals surface area contributed by atoms with E-state index in [1.54, 1.807) is 30.3 Å². The molecule has 2 amide bonds. The van der Waals surface area contributed by atoms with Crippen molar-refractivity contribution in [3.05, 3.63) is 95.0 Å². The predicted octanol–water partition coefficient (Wildman–Crippen LogP) is 3.04. The van der Waals surface area contributed by atoms with E-state index in [2.05, 4.69) is 26.0 Å². The number of para-hydroxylation sites is 1. The van der Waals surface area contributed by atoms with Crippen LogP contribution in [-0.4, -0.2) is 56.9 Å². The van der Waals surface area contributed by atoms with Gasteiger partial charge in [-0.3, -0.25) is 14.6 Å². The van der Waals surface area contributed by atoms with Crippen LogP contribution in [0.15, 0.2) is 72.9 Å². The van der Waals surface area contributed by atoms with Gasteiger partial charge in [-0.2, -0.15) is 5.10 Å². The highest BCUT2D eigenvalue weighted by Crippen LogP contribution is 2.27. The van der Waals surface area contributed by atoms with E-state index in [1.807, 2.05) is 6.07 Å². The number of hydrogen-bond acceptors (Lipinski definition) is 6. The van der Waals surface area contributed by atoms with Gasteiger partial charge in [0, 0.05) is 30.9 Å². The van der Waals surface area contributed by atoms with Crippen LogP contribution in [0.4, 0.5) is 10.2 Å². The first-order valence-electron chi connectivity index (χ1n) is 11.5. The van der Waals surface area contributed by atoms with Gasteiger partial charge >= 0.3 is 0 Å². The molecule has 1 aliphatic rings. The standard InChI is InChI=1S/C26H22ClFN6O3/c27-18-9-8-15(24-19(28)7-4-10-30-24)11-17(18)25(36)32-23-12-20(26(37)31-21-13-29-14-22(21)35)33-34(23)16-5-2-1-3-6-16/h1-12,21-22,29,35H,13-14H2,(H,31,37)(H,32,36)/t21-,22+/m0/s1. The van der Waals surface area contributed by atoms with Crippen LogP contribution in [-0.2, 0) is 0 Å². The number of carbonyl (C=O) groups is 2. The van der Waals surface area contributed by atoms with Crippen LogP contribution in [0.5, 0.6) is 0 Å². The van der Waals surface area contributed by atoms with E-state index in [-0.39, 0.29) is 27.8 Å². The van der Waals surface area contributed by atoms with Gasteiger partial charge in [-0.05, 0) is 36.4 Å². The molecule has 0 bridgehead atoms. The summed E-state index contributed by atoms with van der Waals surface area (Å²) in [6.07, 6.45) is 0.746. The van der Waals surface area contributed by atoms with E-state index in [4.69, 9.17) is 11.6 Å². The third kappa shape index (κ3) is 5.21. The second-order valence-electron chi connectivity index (χ2n) is 8.45. The number of pyridine rings is 1. The third-order valence-electron chi connectivity index (χ3n) is 5.93. The molecule has 4 N–H and O–H groups in total. The van der Waals surface area contributed by atoms with E-state index in [0.717, 1.165) is 0 Å². The highest BCUT2D eigenvalue weighted by Gasteiger charge is 2.28. The number of amides is 2. The van der Waals surface area contributed by atoms with Gasteiger partial charge in [0.15, 0.2) is 5.69 Å². The number of halogens is 2. The van der Waals surface area contributed by atoms with Gasteiger partial charge < -0.3 is 21.1 Å². The average molecular weight is 521 g/mol. The van der Waals surface area contributed by atoms with E-state index in [0.29, 0.717) is 24.3 Å². The van der Waals surface area contributed by atoms with E-state index in [9.17, 15) is 19.1 Å². The zero-order valence-electron chi connectivity index (χ0n) is 19.4. The number of benzene rings is 2. The maximum Gasteiger partial charge on any atom is 0.272 e. The predicted molar refractivity (Wildman–Crippen MR) is 136 cm³/mol. The van der Waals surface area contributed by atoms with E-state index >= 15 is 0 Å². The maximum atomic E-state index is 14.3. The largest absolute Gasteiger partial charge is 0.390 e. The van der Waals surface area contributed by atoms with Crippen molar-refractivity contribution >= 4 is 29.2 Å². The summed E-state index contributed by atoms with van der Waals surface area (Å²) in [6, 6.07) is 17.2. The van der Waals surface area contributed by atoms with Crippen LogP contribution in [0.3, 0.4) is 0 Å². The fourth-order valence-electron chi connectivity index (χ4n) is 4.03. The number of nitrogens with zero attached hydrogens (tertiary/aromatic N) is 3. The minimum Gasteiger partial charge on any atom is -0.390 e. The van der Waals surface area contributed by atoms with Crippen molar-refractivity contribution in [2.45, 2.75) is 12.1 Å². The summed E-state index contributed by atoms with van der Waals surface area (Å²) in [7, 11) is 0. The molecule has 11 heteroatoms. The molecule has 5 rings (SSSR count). The lowest BCUT2D eigenvalue weighted by molar-refractivity contribution is 0.0883. The topological polar surface area (TPSA) is 121 Å². The number of carbonyl (C=O) groups excluding carboxylic acids is 2. The summed E-state index contributed by atoms with van der Waals surface area (Å²) in [5.74, 6) is -1.39. The monoisotopic (exact) mass is 520 g/mol. The van der Waals surface area contributed by atoms with Crippen molar-refractivity contribution in [3.8, 4) is 16.9 Å². The molecule has 0 radical (unpaired) electrons. The lowest BCUT2D eigenvalue weighted by Crippen LogP contribution is -2.42. The molecule has 2 aromatic carbocycles. The molecule has 0 spiro atoms. The normalized spacial score (nSPS) is 16.9. The van der Waals surface area contributed by atoms with Crippen LogP contribution in [0.1, 0.15) is 20.8 Å². The van der Waals surface area contributed by atoms with Gasteiger partial charge in [0.25, 0.3) is 11.8 Å². The Morgan fingerprint density at radius 3 is 2.59 bits per heavy atom. The first kappa shape index (κ1) is 24.6. The molecule has 37 heavy (non-hydrogen) atoms. The van der Waals surface area contributed by atoms with Crippen molar-refractivity contribution in [3.63, 3.8) is 0 Å². The Bertz CT molecular complexity index is 1460. The van der Waals surface area contributed by atoms with Crippen molar-refractivity contribution in [1.29, 1.82) is 0 Å². The van der Waals surface area contributed by atoms with Crippen molar-refractivity contribution in [1.82, 2.24) is 25.4 Å². The molecule has 9 nitrogen and oxygen atoms in total. The maximum absolute atomic E-state index is 14.3. The number of aliphatic hydroxyl groups is 1. The van der Waals surface area contributed by atoms with Crippen molar-refractivity contribution < 1.29 is 19.1 Å². The number of aliphatic hydroxyl groups excluding tert-OH is 1. The molecule has 1 saturated heterocycles. The smallest absolute Gasteiger partial charge is 0.272 e. The molecule has 0 saturated carbocycles. The summed E-state index contributed by atoms with van der Waals surface area (Å²) < 4.78 is 15.7. The Labute approximate surface area is 216 Å². The molecule has 1 aliphatic heterocycles. The number of nitrogens with one attached hydrogen (secondary N) is 3. The van der Waals surface area contributed by atoms with Crippen molar-refractivity contribution in [2.24, 2.45) is 0 Å². The van der Waals surface area contributed by atoms with Gasteiger partial charge in [-0.1, -0.05) is 35.9 Å². The molecular weight excluding hydrogens is 499 g/mol. The lowest BCUT2D eigenvalue weighted by atomic mass is 10.1. The highest BCUT2D eigenvalue weighted by atomic mass is 35.5. The fourth-order valence-corrected chi connectivity index (χ4v) is 4.23. The van der Waals surface area contributed by atoms with Crippen LogP contribution >= 0.6 is 11.6 Å². The zero-order chi connectivity index (χ0) is 25.9. The van der Waals surface area contributed by atoms with Crippen LogP contribution in [0.2, 0.25) is 5.02 Å². The van der Waals surface area contributed by atoms with E-state index in [1.165, 1.54) is 41.2 Å². The van der Waals surface area contributed by atoms with E-state index < -0.39 is 29.8 Å². The zero-order valence-corrected chi connectivity index (χ0v) is 20.1. The minimum atomic E-state index is -0.710. The summed E-state index contributed by atoms with van der Waals surface area (Å²) in [4.78, 5) is 30.2. The number of anilines is 1. The molecule has 2 aromatic heterocycles. The fraction of sp³-hybridized carbons (Fsp3) is 0.154. The van der Waals surface area contributed by atoms with Gasteiger partial charge in [0.05, 0.1) is 28.4 Å². The number of rotatable bonds is 6. The molecule has 4 aromatic rings. The average Bonchev–Trinajstić information content (AvgIpc) is 3.51. The molecule has 3 heterocycles. The van der Waals surface area contributed by atoms with Gasteiger partial charge in [0.1, 0.15) is 17.3 Å². The summed E-state index contributed by atoms with van der Waals surface area (Å²) in [5.41, 5.74) is 1.22. The number of β-amino-alcohol motifs (C(OH)–C–C–N with tert-alkyl or cyclic N) is 1. The Hall–Kier alpha value is -4.12. The first-order chi connectivity index (χ1) is 17.9. The van der Waals surface area contributed by atoms with Crippen molar-refractivity contribution in [2.75, 3.05) is 18.4 Å². The second kappa shape index (κ2) is 10.5. The second-order valence-corrected chi connectivity index (χ2v) is 8.86. The minimum absolute atomic E-state index is 0.0497. The van der Waals surface area contributed by atoms with Crippen LogP contribution in [0.25, 0.3) is 16.9 Å². The Morgan fingerprint density at radius 2 is 1.86 bits per heavy atom. The molecular formula is C26H22ClFN6O3. The third-order valence-corrected chi connectivity index (χ3v) is 6.26. The first-order valence-corrected chi connectivity index (χ1v) is 11.9. The molecule has 1 fully saturated rings. The summed E-state index contributed by atoms with van der Waals surface area (Å²) >= 11 is 6.31. The van der Waals surface area contributed by atoms with Gasteiger partial charge in [-0.25, -0.2) is 9.07 Å². The lowest BCUT2D eigenvalue weighted by Gasteiger charge is -2.14. The quantitative estimate of drug-likeness (QED) is 0.310. The summed E-state index contributed by atoms with van der Waals surface area (Å²) in [5, 5.41) is 23.1. The van der Waals surface area contributed by atoms with Gasteiger partial charge in [-0.15, -0.1) is 0 Å². The molecule has 2 atom stereocenters. The molecule has 188 valence electrons. The Balaban J connectivity index is 1.46. The highest BCUT2D eigenvalue weighted by molar-refractivity contribution is 6.34. The van der Waals surface area contributed by atoms with Crippen LogP contribution < -0.4 is 16.0 Å². The molecule has 0 aliphatic carbocycles. The Morgan fingerprint density at radius 1 is 1.05 bits per heavy atom. The SMILES string of the molecule is O=C(N[C@H]1CNC[C@H]1O)c1cc(NC(=O)c2cc(-c3ncccc3F)ccc2Cl)n(-c2ccccc2)n1. The van der Waals surface area contributed by atoms with Gasteiger partial charge in [0.2, 0.25) is 0 Å². The number of hydrogen-bond donors (Lipinski definition) is 4.